The minimum atomic E-state index is 0.887. The molecule has 2 nitrogen and oxygen atoms in total. The topological polar surface area (TPSA) is 16.4 Å². The van der Waals surface area contributed by atoms with Crippen molar-refractivity contribution in [2.45, 2.75) is 0 Å². The van der Waals surface area contributed by atoms with Crippen molar-refractivity contribution in [2.24, 2.45) is 0 Å². The average Bonchev–Trinajstić information content (AvgIpc) is 3.69. The van der Waals surface area contributed by atoms with Gasteiger partial charge in [-0.15, -0.1) is 0 Å². The number of fused-ring (bicyclic) bond motifs is 6. The molecule has 0 amide bonds. The van der Waals surface area contributed by atoms with E-state index in [4.69, 9.17) is 4.42 Å². The highest BCUT2D eigenvalue weighted by atomic mass is 16.3. The second-order valence-electron chi connectivity index (χ2n) is 14.9. The molecule has 0 aliphatic rings. The maximum atomic E-state index is 6.54. The Hall–Kier alpha value is -7.68. The van der Waals surface area contributed by atoms with E-state index in [1.54, 1.807) is 0 Å². The van der Waals surface area contributed by atoms with Crippen LogP contribution >= 0.6 is 0 Å². The Labute approximate surface area is 337 Å². The van der Waals surface area contributed by atoms with Crippen molar-refractivity contribution in [3.05, 3.63) is 224 Å². The number of anilines is 3. The SMILES string of the molecule is c1ccc(-c2ccc(N(c3ccc(-c4cccc5ccccc45)cc3)c3ccccc3-c3ccc4oc5c6ccccc6ccc5c4c3)cc2-c2ccccc2)cc1. The summed E-state index contributed by atoms with van der Waals surface area (Å²) >= 11 is 0. The van der Waals surface area contributed by atoms with Gasteiger partial charge in [0.1, 0.15) is 11.2 Å². The van der Waals surface area contributed by atoms with Gasteiger partial charge in [-0.2, -0.15) is 0 Å². The summed E-state index contributed by atoms with van der Waals surface area (Å²) < 4.78 is 6.54. The van der Waals surface area contributed by atoms with Crippen molar-refractivity contribution in [1.82, 2.24) is 0 Å². The molecule has 11 aromatic rings. The van der Waals surface area contributed by atoms with Crippen LogP contribution in [-0.4, -0.2) is 0 Å². The Bertz CT molecular complexity index is 3270. The molecule has 0 saturated heterocycles. The Morgan fingerprint density at radius 2 is 0.879 bits per heavy atom. The number of benzene rings is 10. The molecule has 0 atom stereocenters. The molecule has 272 valence electrons. The predicted octanol–water partition coefficient (Wildman–Crippen LogP) is 16.0. The summed E-state index contributed by atoms with van der Waals surface area (Å²) in [4.78, 5) is 2.41. The third-order valence-electron chi connectivity index (χ3n) is 11.5. The summed E-state index contributed by atoms with van der Waals surface area (Å²) in [5.74, 6) is 0. The average molecular weight is 740 g/mol. The molecule has 11 rings (SSSR count). The van der Waals surface area contributed by atoms with Crippen LogP contribution in [0.5, 0.6) is 0 Å². The molecular weight excluding hydrogens is 703 g/mol. The van der Waals surface area contributed by atoms with E-state index >= 15 is 0 Å². The molecule has 2 heteroatoms. The third-order valence-corrected chi connectivity index (χ3v) is 11.5. The van der Waals surface area contributed by atoms with Gasteiger partial charge >= 0.3 is 0 Å². The lowest BCUT2D eigenvalue weighted by molar-refractivity contribution is 0.672. The highest BCUT2D eigenvalue weighted by Gasteiger charge is 2.21. The molecular formula is C56H37NO. The van der Waals surface area contributed by atoms with Gasteiger partial charge in [0, 0.05) is 33.1 Å². The lowest BCUT2D eigenvalue weighted by Crippen LogP contribution is -2.11. The standard InChI is InChI=1S/C56H37NO/c1-3-14-38(15-4-1)48-34-32-45(37-52(48)40-16-5-2-6-17-40)57(44-30-26-42(27-31-44)47-24-13-20-39-18-7-9-21-46(39)47)54-25-12-11-22-49(54)43-29-35-55-53(36-43)51-33-28-41-19-8-10-23-50(41)56(51)58-55/h1-37H. The van der Waals surface area contributed by atoms with E-state index in [1.807, 2.05) is 0 Å². The molecule has 0 N–H and O–H groups in total. The molecule has 0 unspecified atom stereocenters. The van der Waals surface area contributed by atoms with Gasteiger partial charge in [-0.3, -0.25) is 0 Å². The Balaban J connectivity index is 1.11. The van der Waals surface area contributed by atoms with E-state index < -0.39 is 0 Å². The van der Waals surface area contributed by atoms with E-state index in [2.05, 4.69) is 229 Å². The molecule has 0 radical (unpaired) electrons. The fraction of sp³-hybridized carbons (Fsp3) is 0. The summed E-state index contributed by atoms with van der Waals surface area (Å²) in [6, 6.07) is 80.7. The summed E-state index contributed by atoms with van der Waals surface area (Å²) in [7, 11) is 0. The Kier molecular flexibility index (Phi) is 8.19. The monoisotopic (exact) mass is 739 g/mol. The van der Waals surface area contributed by atoms with E-state index in [-0.39, 0.29) is 0 Å². The van der Waals surface area contributed by atoms with Crippen LogP contribution in [0.3, 0.4) is 0 Å². The molecule has 0 spiro atoms. The predicted molar refractivity (Wildman–Crippen MR) is 245 cm³/mol. The largest absolute Gasteiger partial charge is 0.455 e. The van der Waals surface area contributed by atoms with E-state index in [0.29, 0.717) is 0 Å². The van der Waals surface area contributed by atoms with Crippen LogP contribution in [0.2, 0.25) is 0 Å². The highest BCUT2D eigenvalue weighted by Crippen LogP contribution is 2.45. The summed E-state index contributed by atoms with van der Waals surface area (Å²) in [6.45, 7) is 0. The van der Waals surface area contributed by atoms with Crippen LogP contribution in [0.25, 0.3) is 88.0 Å². The molecule has 58 heavy (non-hydrogen) atoms. The molecule has 0 fully saturated rings. The highest BCUT2D eigenvalue weighted by molar-refractivity contribution is 6.15. The van der Waals surface area contributed by atoms with Crippen LogP contribution in [0.4, 0.5) is 17.1 Å². The molecule has 0 aliphatic heterocycles. The quantitative estimate of drug-likeness (QED) is 0.162. The number of para-hydroxylation sites is 1. The summed E-state index contributed by atoms with van der Waals surface area (Å²) in [5, 5.41) is 7.02. The first-order valence-electron chi connectivity index (χ1n) is 19.8. The molecule has 1 heterocycles. The molecule has 0 bridgehead atoms. The van der Waals surface area contributed by atoms with Gasteiger partial charge in [0.25, 0.3) is 0 Å². The maximum absolute atomic E-state index is 6.54. The summed E-state index contributed by atoms with van der Waals surface area (Å²) in [5.41, 5.74) is 14.4. The number of furan rings is 1. The van der Waals surface area contributed by atoms with E-state index in [1.165, 1.54) is 49.5 Å². The van der Waals surface area contributed by atoms with Gasteiger partial charge in [-0.25, -0.2) is 0 Å². The maximum Gasteiger partial charge on any atom is 0.143 e. The zero-order valence-corrected chi connectivity index (χ0v) is 31.7. The van der Waals surface area contributed by atoms with Crippen LogP contribution in [-0.2, 0) is 0 Å². The van der Waals surface area contributed by atoms with Crippen molar-refractivity contribution < 1.29 is 4.42 Å². The molecule has 1 aromatic heterocycles. The van der Waals surface area contributed by atoms with Gasteiger partial charge < -0.3 is 9.32 Å². The van der Waals surface area contributed by atoms with Gasteiger partial charge in [-0.05, 0) is 104 Å². The molecule has 0 saturated carbocycles. The van der Waals surface area contributed by atoms with Crippen molar-refractivity contribution in [3.63, 3.8) is 0 Å². The number of hydrogen-bond donors (Lipinski definition) is 0. The summed E-state index contributed by atoms with van der Waals surface area (Å²) in [6.07, 6.45) is 0. The Morgan fingerprint density at radius 1 is 0.293 bits per heavy atom. The number of rotatable bonds is 7. The fourth-order valence-corrected chi connectivity index (χ4v) is 8.68. The van der Waals surface area contributed by atoms with Crippen molar-refractivity contribution in [2.75, 3.05) is 4.90 Å². The van der Waals surface area contributed by atoms with Gasteiger partial charge in [0.2, 0.25) is 0 Å². The van der Waals surface area contributed by atoms with Crippen molar-refractivity contribution in [1.29, 1.82) is 0 Å². The Morgan fingerprint density at radius 3 is 1.67 bits per heavy atom. The second kappa shape index (κ2) is 14.1. The normalized spacial score (nSPS) is 11.4. The molecule has 10 aromatic carbocycles. The lowest BCUT2D eigenvalue weighted by Gasteiger charge is -2.29. The van der Waals surface area contributed by atoms with Gasteiger partial charge in [0.05, 0.1) is 5.69 Å². The van der Waals surface area contributed by atoms with E-state index in [9.17, 15) is 0 Å². The van der Waals surface area contributed by atoms with E-state index in [0.717, 1.165) is 55.5 Å². The lowest BCUT2D eigenvalue weighted by atomic mass is 9.93. The second-order valence-corrected chi connectivity index (χ2v) is 14.9. The third kappa shape index (κ3) is 5.82. The van der Waals surface area contributed by atoms with Crippen LogP contribution in [0.15, 0.2) is 229 Å². The van der Waals surface area contributed by atoms with Gasteiger partial charge in [-0.1, -0.05) is 176 Å². The first kappa shape index (κ1) is 33.6. The zero-order valence-electron chi connectivity index (χ0n) is 31.7. The first-order chi connectivity index (χ1) is 28.8. The van der Waals surface area contributed by atoms with Crippen molar-refractivity contribution >= 4 is 60.5 Å². The van der Waals surface area contributed by atoms with Gasteiger partial charge in [0.15, 0.2) is 0 Å². The minimum Gasteiger partial charge on any atom is -0.455 e. The fourth-order valence-electron chi connectivity index (χ4n) is 8.68. The van der Waals surface area contributed by atoms with Crippen LogP contribution in [0, 0.1) is 0 Å². The number of hydrogen-bond acceptors (Lipinski definition) is 2. The minimum absolute atomic E-state index is 0.887. The zero-order chi connectivity index (χ0) is 38.4. The van der Waals surface area contributed by atoms with Crippen LogP contribution < -0.4 is 4.90 Å². The van der Waals surface area contributed by atoms with Crippen molar-refractivity contribution in [3.8, 4) is 44.5 Å². The van der Waals surface area contributed by atoms with Crippen LogP contribution in [0.1, 0.15) is 0 Å². The smallest absolute Gasteiger partial charge is 0.143 e. The number of nitrogens with zero attached hydrogens (tertiary/aromatic N) is 1. The molecule has 0 aliphatic carbocycles. The first-order valence-corrected chi connectivity index (χ1v) is 19.8.